The summed E-state index contributed by atoms with van der Waals surface area (Å²) in [6.07, 6.45) is 2.94. The van der Waals surface area contributed by atoms with E-state index in [2.05, 4.69) is 26.1 Å². The molecule has 0 bridgehead atoms. The lowest BCUT2D eigenvalue weighted by Crippen LogP contribution is -2.35. The van der Waals surface area contributed by atoms with Crippen molar-refractivity contribution in [2.24, 2.45) is 5.41 Å². The number of hydrogen-bond donors (Lipinski definition) is 1. The average molecular weight is 272 g/mol. The molecule has 0 fully saturated rings. The molecule has 3 heteroatoms. The van der Waals surface area contributed by atoms with Crippen molar-refractivity contribution in [2.45, 2.75) is 40.0 Å². The summed E-state index contributed by atoms with van der Waals surface area (Å²) in [5.41, 5.74) is 1.08. The van der Waals surface area contributed by atoms with Gasteiger partial charge in [-0.05, 0) is 42.9 Å². The topological polar surface area (TPSA) is 12.0 Å². The molecule has 0 saturated heterocycles. The highest BCUT2D eigenvalue weighted by molar-refractivity contribution is 6.31. The fourth-order valence-electron chi connectivity index (χ4n) is 2.29. The fraction of sp³-hybridized carbons (Fsp3) is 0.600. The predicted molar refractivity (Wildman–Crippen MR) is 76.7 cm³/mol. The van der Waals surface area contributed by atoms with Crippen molar-refractivity contribution in [3.63, 3.8) is 0 Å². The highest BCUT2D eigenvalue weighted by Gasteiger charge is 2.27. The van der Waals surface area contributed by atoms with Gasteiger partial charge < -0.3 is 5.32 Å². The molecule has 0 spiro atoms. The van der Waals surface area contributed by atoms with Gasteiger partial charge in [-0.25, -0.2) is 4.39 Å². The molecule has 0 aromatic heterocycles. The first-order valence-corrected chi connectivity index (χ1v) is 7.10. The highest BCUT2D eigenvalue weighted by Crippen LogP contribution is 2.33. The van der Waals surface area contributed by atoms with E-state index in [-0.39, 0.29) is 16.3 Å². The van der Waals surface area contributed by atoms with Crippen LogP contribution in [-0.4, -0.2) is 13.1 Å². The lowest BCUT2D eigenvalue weighted by atomic mass is 9.77. The van der Waals surface area contributed by atoms with Crippen molar-refractivity contribution in [1.82, 2.24) is 5.32 Å². The van der Waals surface area contributed by atoms with E-state index in [1.54, 1.807) is 6.07 Å². The second kappa shape index (κ2) is 7.10. The van der Waals surface area contributed by atoms with Crippen molar-refractivity contribution in [1.29, 1.82) is 0 Å². The molecular weight excluding hydrogens is 249 g/mol. The van der Waals surface area contributed by atoms with Gasteiger partial charge in [-0.2, -0.15) is 0 Å². The molecule has 0 radical (unpaired) electrons. The van der Waals surface area contributed by atoms with E-state index in [4.69, 9.17) is 11.6 Å². The van der Waals surface area contributed by atoms with Gasteiger partial charge in [0.05, 0.1) is 5.02 Å². The van der Waals surface area contributed by atoms with Crippen LogP contribution in [0.15, 0.2) is 18.2 Å². The van der Waals surface area contributed by atoms with E-state index in [1.807, 2.05) is 6.07 Å². The van der Waals surface area contributed by atoms with E-state index < -0.39 is 0 Å². The second-order valence-corrected chi connectivity index (χ2v) is 5.26. The minimum Gasteiger partial charge on any atom is -0.316 e. The van der Waals surface area contributed by atoms with Crippen LogP contribution in [0.2, 0.25) is 5.02 Å². The van der Waals surface area contributed by atoms with Crippen molar-refractivity contribution in [3.8, 4) is 0 Å². The summed E-state index contributed by atoms with van der Waals surface area (Å²) in [4.78, 5) is 0. The molecule has 0 heterocycles. The predicted octanol–water partition coefficient (Wildman–Crippen LogP) is 4.44. The zero-order chi connectivity index (χ0) is 13.6. The van der Waals surface area contributed by atoms with Gasteiger partial charge in [-0.3, -0.25) is 0 Å². The maximum atomic E-state index is 13.5. The van der Waals surface area contributed by atoms with Crippen LogP contribution in [0.3, 0.4) is 0 Å². The van der Waals surface area contributed by atoms with Crippen molar-refractivity contribution in [2.75, 3.05) is 13.1 Å². The Labute approximate surface area is 115 Å². The molecule has 0 unspecified atom stereocenters. The van der Waals surface area contributed by atoms with Crippen LogP contribution < -0.4 is 5.32 Å². The maximum Gasteiger partial charge on any atom is 0.142 e. The molecule has 1 N–H and O–H groups in total. The first kappa shape index (κ1) is 15.5. The van der Waals surface area contributed by atoms with Crippen LogP contribution in [-0.2, 0) is 6.42 Å². The highest BCUT2D eigenvalue weighted by atomic mass is 35.5. The summed E-state index contributed by atoms with van der Waals surface area (Å²) in [6.45, 7) is 8.38. The lowest BCUT2D eigenvalue weighted by Gasteiger charge is -2.32. The first-order valence-electron chi connectivity index (χ1n) is 6.72. The molecule has 0 saturated carbocycles. The van der Waals surface area contributed by atoms with Gasteiger partial charge in [0.15, 0.2) is 0 Å². The Kier molecular flexibility index (Phi) is 6.10. The molecular formula is C15H23ClFN. The Hall–Kier alpha value is -0.600. The quantitative estimate of drug-likeness (QED) is 0.773. The third-order valence-electron chi connectivity index (χ3n) is 3.85. The van der Waals surface area contributed by atoms with Crippen molar-refractivity contribution in [3.05, 3.63) is 34.6 Å². The van der Waals surface area contributed by atoms with Crippen molar-refractivity contribution < 1.29 is 4.39 Å². The Morgan fingerprint density at radius 2 is 1.89 bits per heavy atom. The minimum atomic E-state index is -0.321. The first-order chi connectivity index (χ1) is 8.58. The summed E-state index contributed by atoms with van der Waals surface area (Å²) in [7, 11) is 0. The molecule has 0 amide bonds. The van der Waals surface area contributed by atoms with Gasteiger partial charge >= 0.3 is 0 Å². The summed E-state index contributed by atoms with van der Waals surface area (Å²) < 4.78 is 13.5. The molecule has 1 aromatic rings. The molecule has 0 aliphatic carbocycles. The van der Waals surface area contributed by atoms with Gasteiger partial charge in [-0.15, -0.1) is 0 Å². The van der Waals surface area contributed by atoms with Crippen LogP contribution in [0.1, 0.15) is 39.2 Å². The fourth-order valence-corrected chi connectivity index (χ4v) is 2.48. The monoisotopic (exact) mass is 271 g/mol. The zero-order valence-corrected chi connectivity index (χ0v) is 12.3. The Morgan fingerprint density at radius 1 is 1.22 bits per heavy atom. The number of benzene rings is 1. The van der Waals surface area contributed by atoms with Crippen LogP contribution in [0.25, 0.3) is 0 Å². The van der Waals surface area contributed by atoms with Crippen LogP contribution in [0.5, 0.6) is 0 Å². The molecule has 0 aliphatic heterocycles. The van der Waals surface area contributed by atoms with Gasteiger partial charge in [-0.1, -0.05) is 44.5 Å². The molecule has 18 heavy (non-hydrogen) atoms. The van der Waals surface area contributed by atoms with Gasteiger partial charge in [0.1, 0.15) is 5.82 Å². The van der Waals surface area contributed by atoms with E-state index in [9.17, 15) is 4.39 Å². The summed E-state index contributed by atoms with van der Waals surface area (Å²) in [5, 5.41) is 3.69. The number of halogens is 2. The molecule has 0 atom stereocenters. The maximum absolute atomic E-state index is 13.5. The average Bonchev–Trinajstić information content (AvgIpc) is 2.40. The smallest absolute Gasteiger partial charge is 0.142 e. The van der Waals surface area contributed by atoms with Crippen LogP contribution in [0.4, 0.5) is 4.39 Å². The molecule has 1 rings (SSSR count). The van der Waals surface area contributed by atoms with Crippen LogP contribution in [0, 0.1) is 11.2 Å². The molecule has 0 aliphatic rings. The zero-order valence-electron chi connectivity index (χ0n) is 11.5. The third-order valence-corrected chi connectivity index (χ3v) is 4.27. The second-order valence-electron chi connectivity index (χ2n) is 4.88. The standard InChI is InChI=1S/C15H23ClFN/c1-4-15(5-2,11-18-6-3)10-12-8-7-9-13(17)14(12)16/h7-9,18H,4-6,10-11H2,1-3H3. The summed E-state index contributed by atoms with van der Waals surface area (Å²) in [5.74, 6) is -0.321. The SMILES string of the molecule is CCNCC(CC)(CC)Cc1cccc(F)c1Cl. The van der Waals surface area contributed by atoms with Gasteiger partial charge in [0, 0.05) is 6.54 Å². The number of nitrogens with one attached hydrogen (secondary N) is 1. The summed E-state index contributed by atoms with van der Waals surface area (Å²) >= 11 is 6.05. The molecule has 1 aromatic carbocycles. The Morgan fingerprint density at radius 3 is 2.44 bits per heavy atom. The van der Waals surface area contributed by atoms with E-state index >= 15 is 0 Å². The molecule has 1 nitrogen and oxygen atoms in total. The normalized spacial score (nSPS) is 11.8. The number of hydrogen-bond acceptors (Lipinski definition) is 1. The van der Waals surface area contributed by atoms with Crippen LogP contribution >= 0.6 is 11.6 Å². The van der Waals surface area contributed by atoms with Gasteiger partial charge in [0.25, 0.3) is 0 Å². The summed E-state index contributed by atoms with van der Waals surface area (Å²) in [6, 6.07) is 5.08. The third kappa shape index (κ3) is 3.69. The van der Waals surface area contributed by atoms with E-state index in [1.165, 1.54) is 6.07 Å². The number of rotatable bonds is 7. The van der Waals surface area contributed by atoms with E-state index in [0.717, 1.165) is 37.9 Å². The minimum absolute atomic E-state index is 0.160. The molecule has 102 valence electrons. The largest absolute Gasteiger partial charge is 0.316 e. The van der Waals surface area contributed by atoms with Gasteiger partial charge in [0.2, 0.25) is 0 Å². The van der Waals surface area contributed by atoms with Crippen molar-refractivity contribution >= 4 is 11.6 Å². The Balaban J connectivity index is 2.92. The Bertz CT molecular complexity index is 375. The van der Waals surface area contributed by atoms with E-state index in [0.29, 0.717) is 0 Å². The lowest BCUT2D eigenvalue weighted by molar-refractivity contribution is 0.248.